The summed E-state index contributed by atoms with van der Waals surface area (Å²) < 4.78 is 11.0. The van der Waals surface area contributed by atoms with E-state index in [2.05, 4.69) is 6.07 Å². The normalized spacial score (nSPS) is 37.5. The van der Waals surface area contributed by atoms with Crippen LogP contribution in [-0.4, -0.2) is 31.2 Å². The lowest BCUT2D eigenvalue weighted by Crippen LogP contribution is -2.57. The zero-order valence-corrected chi connectivity index (χ0v) is 16.4. The van der Waals surface area contributed by atoms with Crippen molar-refractivity contribution in [3.63, 3.8) is 0 Å². The molecule has 3 saturated carbocycles. The van der Waals surface area contributed by atoms with E-state index in [1.807, 2.05) is 6.07 Å². The lowest BCUT2D eigenvalue weighted by molar-refractivity contribution is -0.142. The third kappa shape index (κ3) is 2.55. The molecule has 0 aliphatic heterocycles. The van der Waals surface area contributed by atoms with Crippen LogP contribution in [0.3, 0.4) is 0 Å². The molecule has 1 aromatic carbocycles. The van der Waals surface area contributed by atoms with E-state index in [4.69, 9.17) is 9.47 Å². The Labute approximate surface area is 161 Å². The second-order valence-electron chi connectivity index (χ2n) is 9.36. The molecule has 4 aliphatic rings. The third-order valence-electron chi connectivity index (χ3n) is 8.13. The fourth-order valence-corrected chi connectivity index (χ4v) is 6.76. The predicted molar refractivity (Wildman–Crippen MR) is 102 cm³/mol. The molecule has 3 unspecified atom stereocenters. The monoisotopic (exact) mass is 370 g/mol. The van der Waals surface area contributed by atoms with Gasteiger partial charge in [-0.25, -0.2) is 0 Å². The number of Topliss-reactive ketones (excluding diaryl/α,β-unsaturated/α-hetero) is 1. The molecule has 1 N–H and O–H groups in total. The van der Waals surface area contributed by atoms with Gasteiger partial charge in [-0.05, 0) is 67.4 Å². The zero-order valence-electron chi connectivity index (χ0n) is 16.4. The fraction of sp³-hybridized carbons (Fsp3) is 0.696. The Morgan fingerprint density at radius 3 is 2.74 bits per heavy atom. The molecule has 4 heteroatoms. The van der Waals surface area contributed by atoms with Gasteiger partial charge in [0.2, 0.25) is 0 Å². The van der Waals surface area contributed by atoms with Gasteiger partial charge >= 0.3 is 0 Å². The smallest absolute Gasteiger partial charge is 0.162 e. The van der Waals surface area contributed by atoms with Crippen LogP contribution in [0.4, 0.5) is 0 Å². The van der Waals surface area contributed by atoms with E-state index in [0.29, 0.717) is 24.0 Å². The van der Waals surface area contributed by atoms with Crippen LogP contribution in [-0.2, 0) is 21.4 Å². The molecule has 4 nitrogen and oxygen atoms in total. The molecule has 4 aliphatic carbocycles. The quantitative estimate of drug-likeness (QED) is 0.870. The van der Waals surface area contributed by atoms with Gasteiger partial charge in [-0.3, -0.25) is 4.79 Å². The summed E-state index contributed by atoms with van der Waals surface area (Å²) in [5.41, 5.74) is 2.01. The Hall–Kier alpha value is -1.55. The summed E-state index contributed by atoms with van der Waals surface area (Å²) in [5, 5.41) is 11.0. The molecule has 146 valence electrons. The molecule has 0 amide bonds. The number of hydrogen-bond donors (Lipinski definition) is 1. The number of rotatable bonds is 4. The minimum atomic E-state index is -0.278. The number of carbonyl (C=O) groups is 1. The van der Waals surface area contributed by atoms with Gasteiger partial charge in [-0.2, -0.15) is 0 Å². The van der Waals surface area contributed by atoms with Crippen LogP contribution in [0.5, 0.6) is 11.5 Å². The van der Waals surface area contributed by atoms with E-state index in [-0.39, 0.29) is 23.1 Å². The number of phenols is 1. The first-order valence-electron chi connectivity index (χ1n) is 10.5. The van der Waals surface area contributed by atoms with Gasteiger partial charge in [-0.15, -0.1) is 0 Å². The second-order valence-corrected chi connectivity index (χ2v) is 9.36. The summed E-state index contributed by atoms with van der Waals surface area (Å²) in [5.74, 6) is 3.69. The first-order chi connectivity index (χ1) is 13.1. The highest BCUT2D eigenvalue weighted by Crippen LogP contribution is 2.63. The van der Waals surface area contributed by atoms with Crippen LogP contribution in [0.15, 0.2) is 12.1 Å². The van der Waals surface area contributed by atoms with Crippen molar-refractivity contribution in [3.05, 3.63) is 23.3 Å². The maximum atomic E-state index is 12.9. The molecule has 5 atom stereocenters. The summed E-state index contributed by atoms with van der Waals surface area (Å²) >= 11 is 0. The number of fused-ring (bicyclic) bond motifs is 1. The van der Waals surface area contributed by atoms with Crippen molar-refractivity contribution < 1.29 is 19.4 Å². The number of ketones is 1. The maximum Gasteiger partial charge on any atom is 0.162 e. The van der Waals surface area contributed by atoms with Gasteiger partial charge in [0.15, 0.2) is 17.3 Å². The summed E-state index contributed by atoms with van der Waals surface area (Å²) in [4.78, 5) is 12.9. The van der Waals surface area contributed by atoms with Gasteiger partial charge in [0.05, 0.1) is 7.11 Å². The van der Waals surface area contributed by atoms with Crippen molar-refractivity contribution in [1.82, 2.24) is 0 Å². The SMILES string of the molecule is COc1ccc2c(c1O)[C@@]13CC[C@@H](CC4CC4)C(C2)C1CC(OC)C(=O)C3. The van der Waals surface area contributed by atoms with E-state index in [1.165, 1.54) is 31.2 Å². The minimum Gasteiger partial charge on any atom is -0.504 e. The zero-order chi connectivity index (χ0) is 18.8. The summed E-state index contributed by atoms with van der Waals surface area (Å²) in [7, 11) is 3.26. The number of carbonyl (C=O) groups excluding carboxylic acids is 1. The van der Waals surface area contributed by atoms with E-state index >= 15 is 0 Å². The van der Waals surface area contributed by atoms with Crippen molar-refractivity contribution >= 4 is 5.78 Å². The van der Waals surface area contributed by atoms with Gasteiger partial charge < -0.3 is 14.6 Å². The van der Waals surface area contributed by atoms with Crippen molar-refractivity contribution in [1.29, 1.82) is 0 Å². The van der Waals surface area contributed by atoms with Gasteiger partial charge in [0.25, 0.3) is 0 Å². The molecular formula is C23H30O4. The van der Waals surface area contributed by atoms with Crippen LogP contribution >= 0.6 is 0 Å². The average Bonchev–Trinajstić information content (AvgIpc) is 3.47. The van der Waals surface area contributed by atoms with Crippen molar-refractivity contribution in [2.45, 2.75) is 62.9 Å². The van der Waals surface area contributed by atoms with Crippen LogP contribution in [0, 0.1) is 23.7 Å². The number of ether oxygens (including phenoxy) is 2. The topological polar surface area (TPSA) is 55.8 Å². The Morgan fingerprint density at radius 2 is 2.04 bits per heavy atom. The molecule has 0 radical (unpaired) electrons. The number of phenolic OH excluding ortho intramolecular Hbond substituents is 1. The van der Waals surface area contributed by atoms with Crippen molar-refractivity contribution in [2.24, 2.45) is 23.7 Å². The first kappa shape index (κ1) is 17.5. The van der Waals surface area contributed by atoms with Gasteiger partial charge in [0, 0.05) is 24.5 Å². The molecule has 5 rings (SSSR count). The number of benzene rings is 1. The van der Waals surface area contributed by atoms with Crippen LogP contribution in [0.25, 0.3) is 0 Å². The first-order valence-corrected chi connectivity index (χ1v) is 10.5. The summed E-state index contributed by atoms with van der Waals surface area (Å²) in [6.45, 7) is 0. The highest BCUT2D eigenvalue weighted by molar-refractivity contribution is 5.86. The standard InChI is InChI=1S/C23H30O4/c1-26-19-6-5-15-10-16-14(9-13-3-4-13)7-8-23(21(15)22(19)25)12-18(24)20(27-2)11-17(16)23/h5-6,13-14,16-17,20,25H,3-4,7-12H2,1-2H3/t14-,16?,17?,20?,23+/m0/s1. The maximum absolute atomic E-state index is 12.9. The Morgan fingerprint density at radius 1 is 1.22 bits per heavy atom. The lowest BCUT2D eigenvalue weighted by Gasteiger charge is -2.58. The molecule has 0 aromatic heterocycles. The van der Waals surface area contributed by atoms with Crippen molar-refractivity contribution in [2.75, 3.05) is 14.2 Å². The van der Waals surface area contributed by atoms with E-state index < -0.39 is 0 Å². The lowest BCUT2D eigenvalue weighted by atomic mass is 9.45. The fourth-order valence-electron chi connectivity index (χ4n) is 6.76. The van der Waals surface area contributed by atoms with Gasteiger partial charge in [-0.1, -0.05) is 18.9 Å². The minimum absolute atomic E-state index is 0.197. The molecule has 0 saturated heterocycles. The Bertz CT molecular complexity index is 768. The van der Waals surface area contributed by atoms with E-state index in [9.17, 15) is 9.90 Å². The largest absolute Gasteiger partial charge is 0.504 e. The summed E-state index contributed by atoms with van der Waals surface area (Å²) in [6.07, 6.45) is 8.36. The highest BCUT2D eigenvalue weighted by atomic mass is 16.5. The van der Waals surface area contributed by atoms with Gasteiger partial charge in [0.1, 0.15) is 6.10 Å². The van der Waals surface area contributed by atoms with Crippen molar-refractivity contribution in [3.8, 4) is 11.5 Å². The molecular weight excluding hydrogens is 340 g/mol. The Balaban J connectivity index is 1.62. The molecule has 27 heavy (non-hydrogen) atoms. The molecule has 2 bridgehead atoms. The molecule has 1 aromatic rings. The average molecular weight is 370 g/mol. The molecule has 3 fully saturated rings. The Kier molecular flexibility index (Phi) is 4.05. The molecule has 0 heterocycles. The predicted octanol–water partition coefficient (Wildman–Crippen LogP) is 4.02. The highest BCUT2D eigenvalue weighted by Gasteiger charge is 2.59. The number of methoxy groups -OCH3 is 2. The van der Waals surface area contributed by atoms with Crippen LogP contribution in [0.1, 0.15) is 56.1 Å². The van der Waals surface area contributed by atoms with Crippen LogP contribution < -0.4 is 4.74 Å². The summed E-state index contributed by atoms with van der Waals surface area (Å²) in [6, 6.07) is 4.02. The van der Waals surface area contributed by atoms with Crippen LogP contribution in [0.2, 0.25) is 0 Å². The van der Waals surface area contributed by atoms with E-state index in [0.717, 1.165) is 36.7 Å². The molecule has 0 spiro atoms. The number of aromatic hydroxyl groups is 1. The third-order valence-corrected chi connectivity index (χ3v) is 8.13. The second kappa shape index (κ2) is 6.23. The van der Waals surface area contributed by atoms with E-state index in [1.54, 1.807) is 14.2 Å². The number of hydrogen-bond acceptors (Lipinski definition) is 4.